The van der Waals surface area contributed by atoms with Crippen molar-refractivity contribution in [3.05, 3.63) is 47.6 Å². The second kappa shape index (κ2) is 12.2. The van der Waals surface area contributed by atoms with Gasteiger partial charge in [-0.1, -0.05) is 32.4 Å². The molecule has 188 valence electrons. The normalized spacial score (nSPS) is 11.3. The SMILES string of the molecule is COc1cc2c(Oc3ccc(NC(=O)NCCC(C)(C)C)cc3Cl)ccnc2cc1OCCCCl. The molecule has 0 fully saturated rings. The Morgan fingerprint density at radius 2 is 1.86 bits per heavy atom. The van der Waals surface area contributed by atoms with Crippen LogP contribution < -0.4 is 24.8 Å². The summed E-state index contributed by atoms with van der Waals surface area (Å²) in [5.74, 6) is 2.67. The van der Waals surface area contributed by atoms with Crippen molar-refractivity contribution >= 4 is 45.8 Å². The molecule has 0 bridgehead atoms. The zero-order valence-electron chi connectivity index (χ0n) is 20.4. The number of nitrogens with zero attached hydrogens (tertiary/aromatic N) is 1. The molecule has 3 rings (SSSR count). The molecule has 0 spiro atoms. The van der Waals surface area contributed by atoms with Gasteiger partial charge in [-0.25, -0.2) is 4.79 Å². The minimum Gasteiger partial charge on any atom is -0.493 e. The number of pyridine rings is 1. The molecule has 0 saturated carbocycles. The molecule has 1 heterocycles. The fraction of sp³-hybridized carbons (Fsp3) is 0.385. The van der Waals surface area contributed by atoms with Crippen LogP contribution in [-0.2, 0) is 0 Å². The number of urea groups is 1. The van der Waals surface area contributed by atoms with Crippen LogP contribution >= 0.6 is 23.2 Å². The maximum Gasteiger partial charge on any atom is 0.319 e. The highest BCUT2D eigenvalue weighted by Gasteiger charge is 2.14. The maximum atomic E-state index is 12.2. The Balaban J connectivity index is 1.74. The van der Waals surface area contributed by atoms with Crippen LogP contribution in [-0.4, -0.2) is 37.2 Å². The molecule has 2 aromatic carbocycles. The molecular weight excluding hydrogens is 489 g/mol. The first-order valence-corrected chi connectivity index (χ1v) is 12.3. The molecule has 35 heavy (non-hydrogen) atoms. The number of carbonyl (C=O) groups is 1. The summed E-state index contributed by atoms with van der Waals surface area (Å²) in [4.78, 5) is 16.6. The number of benzene rings is 2. The van der Waals surface area contributed by atoms with Crippen molar-refractivity contribution in [3.8, 4) is 23.0 Å². The van der Waals surface area contributed by atoms with E-state index in [-0.39, 0.29) is 11.4 Å². The van der Waals surface area contributed by atoms with E-state index in [2.05, 4.69) is 36.4 Å². The summed E-state index contributed by atoms with van der Waals surface area (Å²) in [5, 5.41) is 6.74. The highest BCUT2D eigenvalue weighted by Crippen LogP contribution is 2.39. The molecule has 1 aromatic heterocycles. The number of aromatic nitrogens is 1. The highest BCUT2D eigenvalue weighted by molar-refractivity contribution is 6.32. The van der Waals surface area contributed by atoms with Gasteiger partial charge >= 0.3 is 6.03 Å². The van der Waals surface area contributed by atoms with E-state index >= 15 is 0 Å². The van der Waals surface area contributed by atoms with Crippen LogP contribution in [0.15, 0.2) is 42.6 Å². The molecule has 9 heteroatoms. The van der Waals surface area contributed by atoms with Gasteiger partial charge in [0.2, 0.25) is 0 Å². The number of carbonyl (C=O) groups excluding carboxylic acids is 1. The number of alkyl halides is 1. The molecular formula is C26H31Cl2N3O4. The summed E-state index contributed by atoms with van der Waals surface area (Å²) >= 11 is 12.2. The molecule has 7 nitrogen and oxygen atoms in total. The van der Waals surface area contributed by atoms with Crippen LogP contribution in [0.4, 0.5) is 10.5 Å². The summed E-state index contributed by atoms with van der Waals surface area (Å²) in [7, 11) is 1.58. The van der Waals surface area contributed by atoms with Crippen molar-refractivity contribution in [1.29, 1.82) is 0 Å². The summed E-state index contributed by atoms with van der Waals surface area (Å²) in [6, 6.07) is 10.2. The largest absolute Gasteiger partial charge is 0.493 e. The number of nitrogens with one attached hydrogen (secondary N) is 2. The molecule has 0 aliphatic heterocycles. The Kier molecular flexibility index (Phi) is 9.29. The van der Waals surface area contributed by atoms with Crippen LogP contribution in [0.2, 0.25) is 5.02 Å². The Morgan fingerprint density at radius 3 is 2.54 bits per heavy atom. The summed E-state index contributed by atoms with van der Waals surface area (Å²) in [5.41, 5.74) is 1.40. The number of methoxy groups -OCH3 is 1. The lowest BCUT2D eigenvalue weighted by Crippen LogP contribution is -2.31. The minimum absolute atomic E-state index is 0.148. The van der Waals surface area contributed by atoms with E-state index in [1.807, 2.05) is 12.1 Å². The van der Waals surface area contributed by atoms with Crippen molar-refractivity contribution in [2.24, 2.45) is 5.41 Å². The number of halogens is 2. The number of amides is 2. The molecule has 0 saturated heterocycles. The third-order valence-electron chi connectivity index (χ3n) is 5.09. The second-order valence-corrected chi connectivity index (χ2v) is 9.94. The predicted octanol–water partition coefficient (Wildman–Crippen LogP) is 7.25. The van der Waals surface area contributed by atoms with Crippen LogP contribution in [0.5, 0.6) is 23.0 Å². The van der Waals surface area contributed by atoms with Crippen LogP contribution in [0.1, 0.15) is 33.6 Å². The van der Waals surface area contributed by atoms with Gasteiger partial charge in [0.05, 0.1) is 24.3 Å². The smallest absolute Gasteiger partial charge is 0.319 e. The number of rotatable bonds is 10. The lowest BCUT2D eigenvalue weighted by molar-refractivity contribution is 0.250. The van der Waals surface area contributed by atoms with E-state index in [0.29, 0.717) is 58.3 Å². The lowest BCUT2D eigenvalue weighted by atomic mass is 9.92. The van der Waals surface area contributed by atoms with Gasteiger partial charge in [-0.2, -0.15) is 0 Å². The number of hydrogen-bond acceptors (Lipinski definition) is 5. The molecule has 3 aromatic rings. The van der Waals surface area contributed by atoms with E-state index in [4.69, 9.17) is 37.4 Å². The number of hydrogen-bond donors (Lipinski definition) is 2. The topological polar surface area (TPSA) is 81.7 Å². The second-order valence-electron chi connectivity index (χ2n) is 9.16. The Labute approximate surface area is 216 Å². The molecule has 0 radical (unpaired) electrons. The summed E-state index contributed by atoms with van der Waals surface area (Å²) in [6.45, 7) is 7.45. The van der Waals surface area contributed by atoms with E-state index in [0.717, 1.165) is 18.2 Å². The Hall–Kier alpha value is -2.90. The molecule has 0 aliphatic rings. The first-order valence-electron chi connectivity index (χ1n) is 11.4. The van der Waals surface area contributed by atoms with Gasteiger partial charge in [-0.05, 0) is 48.6 Å². The van der Waals surface area contributed by atoms with Gasteiger partial charge < -0.3 is 24.8 Å². The first kappa shape index (κ1) is 26.7. The van der Waals surface area contributed by atoms with E-state index in [1.165, 1.54) is 0 Å². The van der Waals surface area contributed by atoms with E-state index in [1.54, 1.807) is 37.6 Å². The molecule has 2 N–H and O–H groups in total. The first-order chi connectivity index (χ1) is 16.7. The van der Waals surface area contributed by atoms with Gasteiger partial charge in [-0.15, -0.1) is 11.6 Å². The number of ether oxygens (including phenoxy) is 3. The van der Waals surface area contributed by atoms with Gasteiger partial charge in [0.15, 0.2) is 11.5 Å². The fourth-order valence-electron chi connectivity index (χ4n) is 3.23. The monoisotopic (exact) mass is 519 g/mol. The quantitative estimate of drug-likeness (QED) is 0.217. The van der Waals surface area contributed by atoms with Gasteiger partial charge in [0.1, 0.15) is 11.5 Å². The predicted molar refractivity (Wildman–Crippen MR) is 142 cm³/mol. The molecule has 2 amide bonds. The zero-order chi connectivity index (χ0) is 25.4. The van der Waals surface area contributed by atoms with E-state index in [9.17, 15) is 4.79 Å². The van der Waals surface area contributed by atoms with Gasteiger partial charge in [0.25, 0.3) is 0 Å². The Morgan fingerprint density at radius 1 is 1.06 bits per heavy atom. The van der Waals surface area contributed by atoms with Crippen LogP contribution in [0, 0.1) is 5.41 Å². The number of fused-ring (bicyclic) bond motifs is 1. The van der Waals surface area contributed by atoms with Crippen molar-refractivity contribution in [2.75, 3.05) is 31.5 Å². The van der Waals surface area contributed by atoms with E-state index < -0.39 is 0 Å². The lowest BCUT2D eigenvalue weighted by Gasteiger charge is -2.18. The third kappa shape index (κ3) is 7.80. The number of anilines is 1. The van der Waals surface area contributed by atoms with Crippen LogP contribution in [0.25, 0.3) is 10.9 Å². The zero-order valence-corrected chi connectivity index (χ0v) is 21.9. The van der Waals surface area contributed by atoms with Crippen molar-refractivity contribution in [2.45, 2.75) is 33.6 Å². The maximum absolute atomic E-state index is 12.2. The van der Waals surface area contributed by atoms with Gasteiger partial charge in [-0.3, -0.25) is 4.98 Å². The molecule has 0 unspecified atom stereocenters. The standard InChI is InChI=1S/C26H31Cl2N3O4/c1-26(2,3)9-12-30-25(32)31-17-6-7-22(19(28)14-17)35-21-8-11-29-20-16-24(34-13-5-10-27)23(33-4)15-18(20)21/h6-8,11,14-16H,5,9-10,12-13H2,1-4H3,(H2,30,31,32). The fourth-order valence-corrected chi connectivity index (χ4v) is 3.56. The molecule has 0 atom stereocenters. The average Bonchev–Trinajstić information content (AvgIpc) is 2.80. The third-order valence-corrected chi connectivity index (χ3v) is 5.66. The van der Waals surface area contributed by atoms with Crippen LogP contribution in [0.3, 0.4) is 0 Å². The van der Waals surface area contributed by atoms with Gasteiger partial charge in [0, 0.05) is 35.8 Å². The summed E-state index contributed by atoms with van der Waals surface area (Å²) in [6.07, 6.45) is 3.25. The highest BCUT2D eigenvalue weighted by atomic mass is 35.5. The summed E-state index contributed by atoms with van der Waals surface area (Å²) < 4.78 is 17.4. The molecule has 0 aliphatic carbocycles. The van der Waals surface area contributed by atoms with Crippen molar-refractivity contribution in [1.82, 2.24) is 10.3 Å². The average molecular weight is 520 g/mol. The van der Waals surface area contributed by atoms with Crippen molar-refractivity contribution in [3.63, 3.8) is 0 Å². The Bertz CT molecular complexity index is 1170. The minimum atomic E-state index is -0.282. The van der Waals surface area contributed by atoms with Crippen molar-refractivity contribution < 1.29 is 19.0 Å².